The second kappa shape index (κ2) is 7.57. The molecule has 8 heteroatoms. The number of sulfonamides is 1. The van der Waals surface area contributed by atoms with Crippen molar-refractivity contribution in [2.24, 2.45) is 7.05 Å². The molecule has 0 spiro atoms. The summed E-state index contributed by atoms with van der Waals surface area (Å²) in [5, 5.41) is 4.25. The number of piperazine rings is 1. The van der Waals surface area contributed by atoms with Crippen LogP contribution in [0.3, 0.4) is 0 Å². The molecular weight excluding hydrogens is 388 g/mol. The summed E-state index contributed by atoms with van der Waals surface area (Å²) >= 11 is 0. The highest BCUT2D eigenvalue weighted by Crippen LogP contribution is 2.32. The summed E-state index contributed by atoms with van der Waals surface area (Å²) in [6.45, 7) is 12.9. The van der Waals surface area contributed by atoms with Gasteiger partial charge in [-0.05, 0) is 75.4 Å². The van der Waals surface area contributed by atoms with E-state index in [0.717, 1.165) is 33.5 Å². The first-order chi connectivity index (χ1) is 13.5. The van der Waals surface area contributed by atoms with Gasteiger partial charge < -0.3 is 4.90 Å². The fourth-order valence-electron chi connectivity index (χ4n) is 3.94. The van der Waals surface area contributed by atoms with Gasteiger partial charge >= 0.3 is 0 Å². The zero-order chi connectivity index (χ0) is 21.7. The van der Waals surface area contributed by atoms with E-state index in [2.05, 4.69) is 5.10 Å². The molecule has 1 saturated heterocycles. The van der Waals surface area contributed by atoms with Crippen molar-refractivity contribution in [2.45, 2.75) is 46.4 Å². The van der Waals surface area contributed by atoms with Crippen LogP contribution in [0.25, 0.3) is 0 Å². The van der Waals surface area contributed by atoms with Crippen LogP contribution in [0, 0.1) is 41.5 Å². The minimum Gasteiger partial charge on any atom is -0.335 e. The number of nitrogens with zero attached hydrogens (tertiary/aromatic N) is 4. The number of aryl methyl sites for hydroxylation is 2. The number of hydrogen-bond donors (Lipinski definition) is 0. The fraction of sp³-hybridized carbons (Fsp3) is 0.524. The topological polar surface area (TPSA) is 75.5 Å². The van der Waals surface area contributed by atoms with E-state index in [0.29, 0.717) is 23.7 Å². The van der Waals surface area contributed by atoms with E-state index in [-0.39, 0.29) is 19.0 Å². The molecule has 0 N–H and O–H groups in total. The summed E-state index contributed by atoms with van der Waals surface area (Å²) < 4.78 is 30.1. The van der Waals surface area contributed by atoms with Crippen LogP contribution in [-0.4, -0.2) is 59.5 Å². The predicted molar refractivity (Wildman–Crippen MR) is 113 cm³/mol. The summed E-state index contributed by atoms with van der Waals surface area (Å²) in [6.07, 6.45) is 0. The molecule has 0 bridgehead atoms. The van der Waals surface area contributed by atoms with Crippen molar-refractivity contribution in [2.75, 3.05) is 26.2 Å². The molecule has 0 aliphatic carbocycles. The molecular formula is C21H30N4O3S. The maximum atomic E-state index is 13.4. The molecule has 0 unspecified atom stereocenters. The Morgan fingerprint density at radius 2 is 1.34 bits per heavy atom. The van der Waals surface area contributed by atoms with E-state index < -0.39 is 10.0 Å². The van der Waals surface area contributed by atoms with Gasteiger partial charge in [-0.15, -0.1) is 0 Å². The molecule has 1 aliphatic heterocycles. The number of amides is 1. The van der Waals surface area contributed by atoms with Gasteiger partial charge in [-0.3, -0.25) is 9.48 Å². The maximum absolute atomic E-state index is 13.4. The van der Waals surface area contributed by atoms with Gasteiger partial charge in [0.05, 0.1) is 4.90 Å². The van der Waals surface area contributed by atoms with Crippen molar-refractivity contribution in [3.05, 3.63) is 45.3 Å². The quantitative estimate of drug-likeness (QED) is 0.767. The summed E-state index contributed by atoms with van der Waals surface area (Å²) in [5.74, 6) is -0.153. The van der Waals surface area contributed by atoms with Crippen LogP contribution in [0.15, 0.2) is 11.0 Å². The van der Waals surface area contributed by atoms with Crippen LogP contribution in [0.1, 0.15) is 44.0 Å². The first-order valence-electron chi connectivity index (χ1n) is 9.83. The van der Waals surface area contributed by atoms with Crippen LogP contribution >= 0.6 is 0 Å². The molecule has 29 heavy (non-hydrogen) atoms. The molecule has 0 atom stereocenters. The molecule has 3 rings (SSSR count). The Balaban J connectivity index is 1.83. The lowest BCUT2D eigenvalue weighted by molar-refractivity contribution is 0.0691. The van der Waals surface area contributed by atoms with Gasteiger partial charge in [0, 0.05) is 38.9 Å². The number of aromatic nitrogens is 2. The molecule has 0 saturated carbocycles. The van der Waals surface area contributed by atoms with E-state index in [1.165, 1.54) is 4.31 Å². The minimum absolute atomic E-state index is 0.153. The Labute approximate surface area is 173 Å². The molecule has 2 aromatic rings. The van der Waals surface area contributed by atoms with Crippen molar-refractivity contribution >= 4 is 15.9 Å². The Morgan fingerprint density at radius 3 is 1.79 bits per heavy atom. The summed E-state index contributed by atoms with van der Waals surface area (Å²) in [4.78, 5) is 14.8. The molecule has 7 nitrogen and oxygen atoms in total. The fourth-order valence-corrected chi connectivity index (χ4v) is 5.92. The average Bonchev–Trinajstić information content (AvgIpc) is 3.03. The summed E-state index contributed by atoms with van der Waals surface area (Å²) in [7, 11) is -1.83. The monoisotopic (exact) mass is 418 g/mol. The third-order valence-corrected chi connectivity index (χ3v) is 8.56. The van der Waals surface area contributed by atoms with E-state index in [1.54, 1.807) is 22.7 Å². The normalized spacial score (nSPS) is 15.8. The molecule has 1 aromatic heterocycles. The number of carbonyl (C=O) groups is 1. The maximum Gasteiger partial charge on any atom is 0.274 e. The number of benzene rings is 1. The zero-order valence-corrected chi connectivity index (χ0v) is 19.1. The third kappa shape index (κ3) is 3.59. The van der Waals surface area contributed by atoms with Gasteiger partial charge in [-0.2, -0.15) is 9.40 Å². The molecule has 1 aromatic carbocycles. The highest BCUT2D eigenvalue weighted by Gasteiger charge is 2.34. The van der Waals surface area contributed by atoms with Crippen molar-refractivity contribution in [1.82, 2.24) is 19.0 Å². The predicted octanol–water partition coefficient (Wildman–Crippen LogP) is 2.42. The van der Waals surface area contributed by atoms with Crippen LogP contribution < -0.4 is 0 Å². The van der Waals surface area contributed by atoms with Gasteiger partial charge in [-0.1, -0.05) is 0 Å². The minimum atomic E-state index is -3.63. The number of carbonyl (C=O) groups excluding carboxylic acids is 1. The van der Waals surface area contributed by atoms with Crippen molar-refractivity contribution < 1.29 is 13.2 Å². The highest BCUT2D eigenvalue weighted by atomic mass is 32.2. The summed E-state index contributed by atoms with van der Waals surface area (Å²) in [5.41, 5.74) is 6.11. The Bertz CT molecular complexity index is 1030. The third-order valence-electron chi connectivity index (χ3n) is 6.39. The van der Waals surface area contributed by atoms with E-state index in [1.807, 2.05) is 41.5 Å². The van der Waals surface area contributed by atoms with Crippen LogP contribution in [-0.2, 0) is 17.1 Å². The van der Waals surface area contributed by atoms with Crippen molar-refractivity contribution in [3.8, 4) is 0 Å². The molecule has 0 radical (unpaired) electrons. The van der Waals surface area contributed by atoms with Gasteiger partial charge in [0.2, 0.25) is 10.0 Å². The zero-order valence-electron chi connectivity index (χ0n) is 18.3. The van der Waals surface area contributed by atoms with Crippen LogP contribution in [0.5, 0.6) is 0 Å². The van der Waals surface area contributed by atoms with Crippen molar-refractivity contribution in [3.63, 3.8) is 0 Å². The van der Waals surface area contributed by atoms with Gasteiger partial charge in [0.15, 0.2) is 5.69 Å². The largest absolute Gasteiger partial charge is 0.335 e. The first kappa shape index (κ1) is 21.5. The lowest BCUT2D eigenvalue weighted by atomic mass is 9.95. The Morgan fingerprint density at radius 1 is 0.862 bits per heavy atom. The second-order valence-electron chi connectivity index (χ2n) is 7.94. The van der Waals surface area contributed by atoms with Crippen LogP contribution in [0.4, 0.5) is 0 Å². The van der Waals surface area contributed by atoms with Gasteiger partial charge in [0.25, 0.3) is 5.91 Å². The average molecular weight is 419 g/mol. The van der Waals surface area contributed by atoms with E-state index >= 15 is 0 Å². The number of hydrogen-bond acceptors (Lipinski definition) is 4. The Hall–Kier alpha value is -2.19. The second-order valence-corrected chi connectivity index (χ2v) is 9.82. The van der Waals surface area contributed by atoms with Crippen LogP contribution in [0.2, 0.25) is 0 Å². The van der Waals surface area contributed by atoms with E-state index in [9.17, 15) is 13.2 Å². The Kier molecular flexibility index (Phi) is 5.62. The first-order valence-corrected chi connectivity index (χ1v) is 11.3. The highest BCUT2D eigenvalue weighted by molar-refractivity contribution is 7.89. The molecule has 158 valence electrons. The van der Waals surface area contributed by atoms with Gasteiger partial charge in [0.1, 0.15) is 0 Å². The SMILES string of the molecule is Cc1c(C)c(C)c(S(=O)(=O)N2CCN(C(=O)c3cc(C)n(C)n3)CC2)c(C)c1C. The lowest BCUT2D eigenvalue weighted by Gasteiger charge is -2.34. The van der Waals surface area contributed by atoms with Gasteiger partial charge in [-0.25, -0.2) is 8.42 Å². The standard InChI is InChI=1S/C21H30N4O3S/c1-13-12-19(22-23(13)7)21(26)24-8-10-25(11-9-24)29(27,28)20-17(5)15(3)14(2)16(4)18(20)6/h12H,8-11H2,1-7H3. The molecule has 1 aliphatic rings. The van der Waals surface area contributed by atoms with Crippen molar-refractivity contribution in [1.29, 1.82) is 0 Å². The smallest absolute Gasteiger partial charge is 0.274 e. The number of rotatable bonds is 3. The molecule has 2 heterocycles. The molecule has 1 amide bonds. The van der Waals surface area contributed by atoms with E-state index in [4.69, 9.17) is 0 Å². The molecule has 1 fully saturated rings. The lowest BCUT2D eigenvalue weighted by Crippen LogP contribution is -2.50. The summed E-state index contributed by atoms with van der Waals surface area (Å²) in [6, 6.07) is 1.76.